The number of nitrogen functional groups attached to an aromatic ring is 1. The van der Waals surface area contributed by atoms with E-state index in [2.05, 4.69) is 4.72 Å². The molecule has 114 valence electrons. The molecule has 0 atom stereocenters. The summed E-state index contributed by atoms with van der Waals surface area (Å²) in [5.41, 5.74) is 5.20. The molecule has 1 rings (SSSR count). The summed E-state index contributed by atoms with van der Waals surface area (Å²) < 4.78 is 52.6. The molecule has 0 saturated heterocycles. The molecule has 3 N–H and O–H groups in total. The van der Waals surface area contributed by atoms with Gasteiger partial charge in [0.25, 0.3) is 0 Å². The molecule has 0 aliphatic carbocycles. The van der Waals surface area contributed by atoms with Gasteiger partial charge in [0.15, 0.2) is 11.6 Å². The summed E-state index contributed by atoms with van der Waals surface area (Å²) in [6, 6.07) is 1.66. The Balaban J connectivity index is 2.65. The van der Waals surface area contributed by atoms with Crippen LogP contribution in [0.15, 0.2) is 17.0 Å². The van der Waals surface area contributed by atoms with Gasteiger partial charge >= 0.3 is 0 Å². The zero-order chi connectivity index (χ0) is 15.2. The van der Waals surface area contributed by atoms with E-state index in [1.165, 1.54) is 0 Å². The van der Waals surface area contributed by atoms with Gasteiger partial charge in [-0.05, 0) is 37.0 Å². The number of anilines is 1. The Labute approximate surface area is 122 Å². The molecule has 0 aliphatic rings. The second kappa shape index (κ2) is 7.80. The van der Waals surface area contributed by atoms with Crippen LogP contribution in [0.4, 0.5) is 14.5 Å². The van der Waals surface area contributed by atoms with E-state index in [-0.39, 0.29) is 12.2 Å². The molecule has 1 aromatic carbocycles. The molecular formula is C12H18F2N2O2S2. The minimum atomic E-state index is -4.08. The highest BCUT2D eigenvalue weighted by Gasteiger charge is 2.22. The van der Waals surface area contributed by atoms with Crippen LogP contribution in [0.5, 0.6) is 0 Å². The van der Waals surface area contributed by atoms with E-state index in [9.17, 15) is 17.2 Å². The first kappa shape index (κ1) is 17.2. The maximum Gasteiger partial charge on any atom is 0.243 e. The topological polar surface area (TPSA) is 72.2 Å². The second-order valence-corrected chi connectivity index (χ2v) is 6.99. The van der Waals surface area contributed by atoms with Crippen molar-refractivity contribution < 1.29 is 17.2 Å². The van der Waals surface area contributed by atoms with Crippen molar-refractivity contribution in [3.05, 3.63) is 23.8 Å². The molecule has 1 aromatic rings. The average molecular weight is 324 g/mol. The third kappa shape index (κ3) is 4.92. The molecule has 0 heterocycles. The molecule has 0 amide bonds. The fraction of sp³-hybridized carbons (Fsp3) is 0.500. The summed E-state index contributed by atoms with van der Waals surface area (Å²) in [6.07, 6.45) is 4.51. The third-order valence-corrected chi connectivity index (χ3v) is 4.78. The zero-order valence-electron chi connectivity index (χ0n) is 11.2. The highest BCUT2D eigenvalue weighted by atomic mass is 32.2. The lowest BCUT2D eigenvalue weighted by molar-refractivity contribution is 0.483. The fourth-order valence-electron chi connectivity index (χ4n) is 1.61. The number of sulfonamides is 1. The van der Waals surface area contributed by atoms with Crippen LogP contribution in [-0.4, -0.2) is 27.0 Å². The largest absolute Gasteiger partial charge is 0.399 e. The Morgan fingerprint density at radius 2 is 1.95 bits per heavy atom. The van der Waals surface area contributed by atoms with Gasteiger partial charge in [-0.3, -0.25) is 0 Å². The van der Waals surface area contributed by atoms with E-state index in [1.54, 1.807) is 11.8 Å². The number of rotatable bonds is 8. The number of thioether (sulfide) groups is 1. The average Bonchev–Trinajstić information content (AvgIpc) is 2.37. The van der Waals surface area contributed by atoms with Gasteiger partial charge < -0.3 is 5.73 Å². The molecular weight excluding hydrogens is 306 g/mol. The lowest BCUT2D eigenvalue weighted by Gasteiger charge is -2.09. The first-order valence-corrected chi connectivity index (χ1v) is 8.99. The van der Waals surface area contributed by atoms with Crippen LogP contribution < -0.4 is 10.5 Å². The first-order chi connectivity index (χ1) is 9.38. The molecule has 0 aromatic heterocycles. The highest BCUT2D eigenvalue weighted by Crippen LogP contribution is 2.20. The smallest absolute Gasteiger partial charge is 0.243 e. The van der Waals surface area contributed by atoms with Gasteiger partial charge in [-0.1, -0.05) is 6.42 Å². The molecule has 20 heavy (non-hydrogen) atoms. The van der Waals surface area contributed by atoms with Gasteiger partial charge in [0.1, 0.15) is 4.90 Å². The van der Waals surface area contributed by atoms with Crippen LogP contribution in [0.3, 0.4) is 0 Å². The first-order valence-electron chi connectivity index (χ1n) is 6.11. The van der Waals surface area contributed by atoms with Gasteiger partial charge in [-0.15, -0.1) is 0 Å². The van der Waals surface area contributed by atoms with Crippen molar-refractivity contribution >= 4 is 27.5 Å². The van der Waals surface area contributed by atoms with Crippen LogP contribution in [-0.2, 0) is 10.0 Å². The van der Waals surface area contributed by atoms with Gasteiger partial charge in [0, 0.05) is 12.2 Å². The van der Waals surface area contributed by atoms with Crippen molar-refractivity contribution in [2.45, 2.75) is 24.2 Å². The van der Waals surface area contributed by atoms with E-state index in [4.69, 9.17) is 5.73 Å². The van der Waals surface area contributed by atoms with Crippen LogP contribution in [0.1, 0.15) is 19.3 Å². The van der Waals surface area contributed by atoms with Crippen molar-refractivity contribution in [1.29, 1.82) is 0 Å². The predicted octanol–water partition coefficient (Wildman–Crippen LogP) is 2.36. The van der Waals surface area contributed by atoms with E-state index in [0.29, 0.717) is 6.42 Å². The molecule has 8 heteroatoms. The molecule has 0 saturated carbocycles. The van der Waals surface area contributed by atoms with E-state index in [0.717, 1.165) is 30.7 Å². The highest BCUT2D eigenvalue weighted by molar-refractivity contribution is 7.98. The predicted molar refractivity (Wildman–Crippen MR) is 78.2 cm³/mol. The fourth-order valence-corrected chi connectivity index (χ4v) is 3.30. The maximum absolute atomic E-state index is 13.5. The number of unbranched alkanes of at least 4 members (excludes halogenated alkanes) is 2. The van der Waals surface area contributed by atoms with Crippen LogP contribution in [0.2, 0.25) is 0 Å². The summed E-state index contributed by atoms with van der Waals surface area (Å²) in [6.45, 7) is 0.187. The lowest BCUT2D eigenvalue weighted by atomic mass is 10.2. The van der Waals surface area contributed by atoms with E-state index < -0.39 is 26.6 Å². The van der Waals surface area contributed by atoms with Gasteiger partial charge in [-0.25, -0.2) is 21.9 Å². The zero-order valence-corrected chi connectivity index (χ0v) is 12.8. The molecule has 0 spiro atoms. The number of hydrogen-bond acceptors (Lipinski definition) is 4. The molecule has 4 nitrogen and oxygen atoms in total. The van der Waals surface area contributed by atoms with Gasteiger partial charge in [0.05, 0.1) is 0 Å². The monoisotopic (exact) mass is 324 g/mol. The summed E-state index contributed by atoms with van der Waals surface area (Å²) >= 11 is 1.72. The Morgan fingerprint density at radius 3 is 2.60 bits per heavy atom. The summed E-state index contributed by atoms with van der Waals surface area (Å²) in [4.78, 5) is -0.751. The minimum Gasteiger partial charge on any atom is -0.399 e. The number of nitrogens with two attached hydrogens (primary N) is 1. The molecule has 0 aliphatic heterocycles. The van der Waals surface area contributed by atoms with Crippen molar-refractivity contribution in [3.63, 3.8) is 0 Å². The van der Waals surface area contributed by atoms with Crippen LogP contribution in [0.25, 0.3) is 0 Å². The second-order valence-electron chi connectivity index (χ2n) is 4.27. The minimum absolute atomic E-state index is 0.135. The molecule has 0 radical (unpaired) electrons. The summed E-state index contributed by atoms with van der Waals surface area (Å²) in [7, 11) is -4.08. The Kier molecular flexibility index (Phi) is 6.70. The van der Waals surface area contributed by atoms with Crippen molar-refractivity contribution in [2.75, 3.05) is 24.3 Å². The van der Waals surface area contributed by atoms with Crippen molar-refractivity contribution in [3.8, 4) is 0 Å². The normalized spacial score (nSPS) is 11.8. The van der Waals surface area contributed by atoms with Gasteiger partial charge in [0.2, 0.25) is 10.0 Å². The Morgan fingerprint density at radius 1 is 1.25 bits per heavy atom. The Bertz CT molecular complexity index is 551. The van der Waals surface area contributed by atoms with Crippen LogP contribution in [0, 0.1) is 11.6 Å². The SMILES string of the molecule is CSCCCCCNS(=O)(=O)c1cc(N)cc(F)c1F. The molecule has 0 bridgehead atoms. The van der Waals surface area contributed by atoms with E-state index in [1.807, 2.05) is 6.26 Å². The van der Waals surface area contributed by atoms with E-state index >= 15 is 0 Å². The number of halogens is 2. The molecule has 0 fully saturated rings. The third-order valence-electron chi connectivity index (χ3n) is 2.62. The van der Waals surface area contributed by atoms with Crippen molar-refractivity contribution in [2.24, 2.45) is 0 Å². The van der Waals surface area contributed by atoms with Crippen LogP contribution >= 0.6 is 11.8 Å². The summed E-state index contributed by atoms with van der Waals surface area (Å²) in [5, 5.41) is 0. The standard InChI is InChI=1S/C12H18F2N2O2S2/c1-19-6-4-2-3-5-16-20(17,18)11-8-9(15)7-10(13)12(11)14/h7-8,16H,2-6,15H2,1H3. The van der Waals surface area contributed by atoms with Crippen molar-refractivity contribution in [1.82, 2.24) is 4.72 Å². The maximum atomic E-state index is 13.5. The lowest BCUT2D eigenvalue weighted by Crippen LogP contribution is -2.26. The number of benzene rings is 1. The summed E-state index contributed by atoms with van der Waals surface area (Å²) in [5.74, 6) is -1.67. The number of hydrogen-bond donors (Lipinski definition) is 2. The quantitative estimate of drug-likeness (QED) is 0.569. The number of nitrogens with one attached hydrogen (secondary N) is 1. The van der Waals surface area contributed by atoms with Gasteiger partial charge in [-0.2, -0.15) is 11.8 Å². The molecule has 0 unspecified atom stereocenters. The Hall–Kier alpha value is -0.860.